The van der Waals surface area contributed by atoms with Gasteiger partial charge in [-0.15, -0.1) is 0 Å². The maximum atomic E-state index is 12.9. The van der Waals surface area contributed by atoms with Gasteiger partial charge in [-0.25, -0.2) is 4.79 Å². The molecule has 0 radical (unpaired) electrons. The van der Waals surface area contributed by atoms with Crippen LogP contribution in [0.1, 0.15) is 35.2 Å². The molecule has 1 aliphatic heterocycles. The average Bonchev–Trinajstić information content (AvgIpc) is 2.74. The van der Waals surface area contributed by atoms with E-state index >= 15 is 0 Å². The molecule has 0 unspecified atom stereocenters. The smallest absolute Gasteiger partial charge is 0.346 e. The lowest BCUT2D eigenvalue weighted by Gasteiger charge is -2.30. The highest BCUT2D eigenvalue weighted by Crippen LogP contribution is 2.32. The van der Waals surface area contributed by atoms with Crippen molar-refractivity contribution in [2.24, 2.45) is 0 Å². The number of nitro benzene ring substituents is 1. The molecule has 28 heavy (non-hydrogen) atoms. The highest BCUT2D eigenvalue weighted by atomic mass is 16.6. The Morgan fingerprint density at radius 2 is 1.89 bits per heavy atom. The molecule has 8 nitrogen and oxygen atoms in total. The maximum absolute atomic E-state index is 12.9. The first-order chi connectivity index (χ1) is 13.5. The van der Waals surface area contributed by atoms with Crippen LogP contribution in [0.4, 0.5) is 11.4 Å². The van der Waals surface area contributed by atoms with Crippen molar-refractivity contribution in [3.05, 3.63) is 57.6 Å². The molecular formula is C20H19N3O5. The number of esters is 1. The van der Waals surface area contributed by atoms with Crippen molar-refractivity contribution < 1.29 is 19.2 Å². The first kappa shape index (κ1) is 19.2. The highest BCUT2D eigenvalue weighted by molar-refractivity contribution is 5.98. The third-order valence-corrected chi connectivity index (χ3v) is 4.60. The Morgan fingerprint density at radius 1 is 1.14 bits per heavy atom. The number of nitro groups is 1. The van der Waals surface area contributed by atoms with E-state index in [1.807, 2.05) is 11.0 Å². The molecule has 2 aromatic carbocycles. The second kappa shape index (κ2) is 8.39. The van der Waals surface area contributed by atoms with Gasteiger partial charge in [0, 0.05) is 31.3 Å². The van der Waals surface area contributed by atoms with Gasteiger partial charge in [0.2, 0.25) is 0 Å². The van der Waals surface area contributed by atoms with Gasteiger partial charge in [-0.3, -0.25) is 10.1 Å². The van der Waals surface area contributed by atoms with Crippen LogP contribution in [0.2, 0.25) is 0 Å². The van der Waals surface area contributed by atoms with E-state index in [0.717, 1.165) is 32.4 Å². The minimum atomic E-state index is -0.715. The van der Waals surface area contributed by atoms with Gasteiger partial charge in [-0.1, -0.05) is 0 Å². The van der Waals surface area contributed by atoms with Crippen LogP contribution < -0.4 is 14.4 Å². The monoisotopic (exact) mass is 381 g/mol. The highest BCUT2D eigenvalue weighted by Gasteiger charge is 2.24. The molecular weight excluding hydrogens is 362 g/mol. The summed E-state index contributed by atoms with van der Waals surface area (Å²) in [7, 11) is 1.40. The fourth-order valence-corrected chi connectivity index (χ4v) is 3.19. The number of nitrogens with zero attached hydrogens (tertiary/aromatic N) is 3. The van der Waals surface area contributed by atoms with Gasteiger partial charge in [-0.2, -0.15) is 5.26 Å². The van der Waals surface area contributed by atoms with E-state index in [1.165, 1.54) is 37.4 Å². The number of benzene rings is 2. The Bertz CT molecular complexity index is 945. The third-order valence-electron chi connectivity index (χ3n) is 4.60. The number of hydrogen-bond acceptors (Lipinski definition) is 7. The van der Waals surface area contributed by atoms with Gasteiger partial charge in [0.25, 0.3) is 5.69 Å². The lowest BCUT2D eigenvalue weighted by molar-refractivity contribution is -0.384. The predicted molar refractivity (Wildman–Crippen MR) is 102 cm³/mol. The van der Waals surface area contributed by atoms with E-state index in [9.17, 15) is 14.9 Å². The molecule has 0 spiro atoms. The van der Waals surface area contributed by atoms with Gasteiger partial charge >= 0.3 is 5.97 Å². The van der Waals surface area contributed by atoms with E-state index < -0.39 is 10.9 Å². The van der Waals surface area contributed by atoms with Crippen molar-refractivity contribution in [3.8, 4) is 17.6 Å². The van der Waals surface area contributed by atoms with Gasteiger partial charge in [0.1, 0.15) is 0 Å². The molecule has 1 fully saturated rings. The standard InChI is InChI=1S/C20H19N3O5/c1-27-19-11-14(13-21)5-8-18(19)28-20(24)16-12-15(23(25)26)6-7-17(16)22-9-3-2-4-10-22/h5-8,11-12H,2-4,9-10H2,1H3. The summed E-state index contributed by atoms with van der Waals surface area (Å²) < 4.78 is 10.7. The average molecular weight is 381 g/mol. The Labute approximate surface area is 162 Å². The van der Waals surface area contributed by atoms with E-state index in [4.69, 9.17) is 14.7 Å². The zero-order valence-electron chi connectivity index (χ0n) is 15.4. The van der Waals surface area contributed by atoms with Crippen LogP contribution in [0.15, 0.2) is 36.4 Å². The minimum Gasteiger partial charge on any atom is -0.493 e. The third kappa shape index (κ3) is 4.04. The Morgan fingerprint density at radius 3 is 2.54 bits per heavy atom. The van der Waals surface area contributed by atoms with Gasteiger partial charge in [0.15, 0.2) is 11.5 Å². The number of methoxy groups -OCH3 is 1. The van der Waals surface area contributed by atoms with Crippen LogP contribution in [0.5, 0.6) is 11.5 Å². The van der Waals surface area contributed by atoms with E-state index in [1.54, 1.807) is 6.07 Å². The molecule has 0 bridgehead atoms. The zero-order chi connectivity index (χ0) is 20.1. The fourth-order valence-electron chi connectivity index (χ4n) is 3.19. The van der Waals surface area contributed by atoms with E-state index in [-0.39, 0.29) is 22.7 Å². The number of anilines is 1. The van der Waals surface area contributed by atoms with E-state index in [0.29, 0.717) is 11.3 Å². The maximum Gasteiger partial charge on any atom is 0.346 e. The molecule has 0 aromatic heterocycles. The Balaban J connectivity index is 1.96. The first-order valence-electron chi connectivity index (χ1n) is 8.87. The van der Waals surface area contributed by atoms with Crippen LogP contribution in [-0.4, -0.2) is 31.1 Å². The second-order valence-electron chi connectivity index (χ2n) is 6.37. The molecule has 3 rings (SSSR count). The largest absolute Gasteiger partial charge is 0.493 e. The van der Waals surface area contributed by atoms with Crippen molar-refractivity contribution in [1.29, 1.82) is 5.26 Å². The first-order valence-corrected chi connectivity index (χ1v) is 8.87. The van der Waals surface area contributed by atoms with Crippen LogP contribution in [-0.2, 0) is 0 Å². The van der Waals surface area contributed by atoms with Crippen LogP contribution in [0, 0.1) is 21.4 Å². The SMILES string of the molecule is COc1cc(C#N)ccc1OC(=O)c1cc([N+](=O)[O-])ccc1N1CCCCC1. The number of hydrogen-bond donors (Lipinski definition) is 0. The number of carbonyl (C=O) groups is 1. The molecule has 2 aromatic rings. The van der Waals surface area contributed by atoms with Gasteiger partial charge < -0.3 is 14.4 Å². The second-order valence-corrected chi connectivity index (χ2v) is 6.37. The van der Waals surface area contributed by atoms with Gasteiger partial charge in [0.05, 0.1) is 34.9 Å². The summed E-state index contributed by atoms with van der Waals surface area (Å²) in [4.78, 5) is 25.6. The summed E-state index contributed by atoms with van der Waals surface area (Å²) in [6, 6.07) is 10.6. The zero-order valence-corrected chi connectivity index (χ0v) is 15.4. The van der Waals surface area contributed by atoms with Crippen molar-refractivity contribution in [3.63, 3.8) is 0 Å². The van der Waals surface area contributed by atoms with Gasteiger partial charge in [-0.05, 0) is 37.5 Å². The molecule has 0 aliphatic carbocycles. The molecule has 144 valence electrons. The number of ether oxygens (including phenoxy) is 2. The minimum absolute atomic E-state index is 0.127. The van der Waals surface area contributed by atoms with Crippen molar-refractivity contribution in [1.82, 2.24) is 0 Å². The molecule has 0 atom stereocenters. The van der Waals surface area contributed by atoms with Crippen molar-refractivity contribution >= 4 is 17.3 Å². The van der Waals surface area contributed by atoms with Crippen LogP contribution in [0.25, 0.3) is 0 Å². The molecule has 1 saturated heterocycles. The number of piperidine rings is 1. The topological polar surface area (TPSA) is 106 Å². The lowest BCUT2D eigenvalue weighted by Crippen LogP contribution is -2.31. The summed E-state index contributed by atoms with van der Waals surface area (Å²) in [6.45, 7) is 1.55. The summed E-state index contributed by atoms with van der Waals surface area (Å²) >= 11 is 0. The molecule has 1 heterocycles. The summed E-state index contributed by atoms with van der Waals surface area (Å²) in [5, 5.41) is 20.2. The summed E-state index contributed by atoms with van der Waals surface area (Å²) in [5.41, 5.74) is 0.922. The number of rotatable bonds is 5. The lowest BCUT2D eigenvalue weighted by atomic mass is 10.1. The quantitative estimate of drug-likeness (QED) is 0.336. The molecule has 8 heteroatoms. The number of carbonyl (C=O) groups excluding carboxylic acids is 1. The summed E-state index contributed by atoms with van der Waals surface area (Å²) in [5.74, 6) is -0.341. The summed E-state index contributed by atoms with van der Waals surface area (Å²) in [6.07, 6.45) is 3.11. The molecule has 0 N–H and O–H groups in total. The molecule has 1 aliphatic rings. The van der Waals surface area contributed by atoms with Crippen LogP contribution in [0.3, 0.4) is 0 Å². The predicted octanol–water partition coefficient (Wildman–Crippen LogP) is 3.68. The van der Waals surface area contributed by atoms with Crippen molar-refractivity contribution in [2.45, 2.75) is 19.3 Å². The Hall–Kier alpha value is -3.60. The number of nitriles is 1. The fraction of sp³-hybridized carbons (Fsp3) is 0.300. The molecule has 0 amide bonds. The normalized spacial score (nSPS) is 13.5. The van der Waals surface area contributed by atoms with E-state index in [2.05, 4.69) is 0 Å². The van der Waals surface area contributed by atoms with Crippen LogP contribution >= 0.6 is 0 Å². The molecule has 0 saturated carbocycles. The Kier molecular flexibility index (Phi) is 5.75. The van der Waals surface area contributed by atoms with Crippen molar-refractivity contribution in [2.75, 3.05) is 25.1 Å². The number of non-ortho nitro benzene ring substituents is 1.